The maximum Gasteiger partial charge on any atom is 0.331 e. The van der Waals surface area contributed by atoms with Crippen molar-refractivity contribution in [3.8, 4) is 0 Å². The summed E-state index contributed by atoms with van der Waals surface area (Å²) < 4.78 is 24.6. The summed E-state index contributed by atoms with van der Waals surface area (Å²) in [4.78, 5) is 11.1. The van der Waals surface area contributed by atoms with Gasteiger partial charge in [-0.1, -0.05) is 15.9 Å². The van der Waals surface area contributed by atoms with E-state index in [0.717, 1.165) is 0 Å². The number of hydrogen-bond donors (Lipinski definition) is 1. The lowest BCUT2D eigenvalue weighted by molar-refractivity contribution is -0.132. The number of carbonyl (C=O) groups is 1. The van der Waals surface area contributed by atoms with E-state index in [1.54, 1.807) is 12.1 Å². The fourth-order valence-corrected chi connectivity index (χ4v) is 3.54. The highest BCUT2D eigenvalue weighted by Gasteiger charge is 2.24. The Morgan fingerprint density at radius 1 is 1.35 bits per heavy atom. The molecule has 0 radical (unpaired) electrons. The van der Waals surface area contributed by atoms with Crippen LogP contribution in [0.15, 0.2) is 33.1 Å². The van der Waals surface area contributed by atoms with Crippen molar-refractivity contribution in [2.45, 2.75) is 11.3 Å². The highest BCUT2D eigenvalue weighted by atomic mass is 79.9. The second kappa shape index (κ2) is 4.27. The number of carboxylic acid groups (broad SMARTS) is 1. The molecule has 1 N–H and O–H groups in total. The molecule has 1 aliphatic heterocycles. The minimum Gasteiger partial charge on any atom is -0.478 e. The first-order valence-corrected chi connectivity index (χ1v) is 7.31. The molecule has 0 aliphatic carbocycles. The van der Waals surface area contributed by atoms with Crippen molar-refractivity contribution in [2.75, 3.05) is 5.75 Å². The zero-order valence-electron chi connectivity index (χ0n) is 8.68. The summed E-state index contributed by atoms with van der Waals surface area (Å²) in [6, 6.07) is 4.74. The van der Waals surface area contributed by atoms with Crippen molar-refractivity contribution in [1.29, 1.82) is 0 Å². The number of rotatable bonds is 1. The maximum atomic E-state index is 11.9. The van der Waals surface area contributed by atoms with Crippen LogP contribution < -0.4 is 0 Å². The third-order valence-electron chi connectivity index (χ3n) is 2.55. The van der Waals surface area contributed by atoms with Crippen molar-refractivity contribution in [3.05, 3.63) is 33.8 Å². The van der Waals surface area contributed by atoms with E-state index >= 15 is 0 Å². The minimum atomic E-state index is -3.40. The second-order valence-electron chi connectivity index (χ2n) is 3.73. The van der Waals surface area contributed by atoms with Crippen LogP contribution in [0, 0.1) is 0 Å². The lowest BCUT2D eigenvalue weighted by atomic mass is 10.1. The van der Waals surface area contributed by atoms with E-state index in [1.807, 2.05) is 0 Å². The molecule has 0 atom stereocenters. The number of benzene rings is 1. The van der Waals surface area contributed by atoms with E-state index in [2.05, 4.69) is 15.9 Å². The van der Waals surface area contributed by atoms with Crippen LogP contribution in [0.4, 0.5) is 0 Å². The Kier molecular flexibility index (Phi) is 3.09. The van der Waals surface area contributed by atoms with Crippen molar-refractivity contribution in [1.82, 2.24) is 0 Å². The van der Waals surface area contributed by atoms with Gasteiger partial charge in [0, 0.05) is 10.0 Å². The molecule has 6 heteroatoms. The van der Waals surface area contributed by atoms with Crippen LogP contribution in [-0.2, 0) is 14.6 Å². The molecular weight excluding hydrogens is 308 g/mol. The zero-order valence-corrected chi connectivity index (χ0v) is 11.1. The fraction of sp³-hybridized carbons (Fsp3) is 0.182. The molecule has 1 aliphatic rings. The van der Waals surface area contributed by atoms with E-state index in [4.69, 9.17) is 5.11 Å². The first-order chi connectivity index (χ1) is 7.90. The smallest absolute Gasteiger partial charge is 0.331 e. The van der Waals surface area contributed by atoms with Crippen LogP contribution in [0.3, 0.4) is 0 Å². The molecule has 90 valence electrons. The zero-order chi connectivity index (χ0) is 12.6. The SMILES string of the molecule is O=C(O)C1=Cc2cc(Br)ccc2S(=O)(=O)CC1. The molecular formula is C11H9BrO4S. The van der Waals surface area contributed by atoms with Gasteiger partial charge in [0.05, 0.1) is 10.6 Å². The number of halogens is 1. The summed E-state index contributed by atoms with van der Waals surface area (Å²) in [5.74, 6) is -1.24. The third kappa shape index (κ3) is 2.42. The molecule has 0 saturated heterocycles. The highest BCUT2D eigenvalue weighted by Crippen LogP contribution is 2.28. The Hall–Kier alpha value is -1.14. The number of carboxylic acids is 1. The molecule has 0 bridgehead atoms. The first-order valence-electron chi connectivity index (χ1n) is 4.86. The molecule has 0 aromatic heterocycles. The van der Waals surface area contributed by atoms with Gasteiger partial charge in [-0.3, -0.25) is 0 Å². The van der Waals surface area contributed by atoms with Gasteiger partial charge >= 0.3 is 5.97 Å². The first kappa shape index (κ1) is 12.3. The monoisotopic (exact) mass is 316 g/mol. The molecule has 1 aromatic carbocycles. The minimum absolute atomic E-state index is 0.0317. The van der Waals surface area contributed by atoms with E-state index in [1.165, 1.54) is 12.1 Å². The van der Waals surface area contributed by atoms with E-state index in [0.29, 0.717) is 10.0 Å². The lowest BCUT2D eigenvalue weighted by Gasteiger charge is -2.04. The van der Waals surface area contributed by atoms with Gasteiger partial charge < -0.3 is 5.11 Å². The summed E-state index contributed by atoms with van der Waals surface area (Å²) in [6.07, 6.45) is 1.46. The van der Waals surface area contributed by atoms with Crippen LogP contribution >= 0.6 is 15.9 Å². The van der Waals surface area contributed by atoms with Gasteiger partial charge in [0.25, 0.3) is 0 Å². The van der Waals surface area contributed by atoms with Crippen LogP contribution in [0.25, 0.3) is 6.08 Å². The highest BCUT2D eigenvalue weighted by molar-refractivity contribution is 9.10. The summed E-state index contributed by atoms with van der Waals surface area (Å²) in [7, 11) is -3.40. The van der Waals surface area contributed by atoms with Gasteiger partial charge in [-0.25, -0.2) is 13.2 Å². The quantitative estimate of drug-likeness (QED) is 0.861. The average molecular weight is 317 g/mol. The molecule has 4 nitrogen and oxygen atoms in total. The van der Waals surface area contributed by atoms with Crippen LogP contribution in [0.2, 0.25) is 0 Å². The predicted octanol–water partition coefficient (Wildman–Crippen LogP) is 2.09. The van der Waals surface area contributed by atoms with Crippen molar-refractivity contribution < 1.29 is 18.3 Å². The number of hydrogen-bond acceptors (Lipinski definition) is 3. The van der Waals surface area contributed by atoms with Crippen LogP contribution in [-0.4, -0.2) is 25.2 Å². The van der Waals surface area contributed by atoms with Crippen LogP contribution in [0.1, 0.15) is 12.0 Å². The molecule has 0 unspecified atom stereocenters. The molecule has 17 heavy (non-hydrogen) atoms. The fourth-order valence-electron chi connectivity index (χ4n) is 1.70. The summed E-state index contributed by atoms with van der Waals surface area (Å²) >= 11 is 3.24. The van der Waals surface area contributed by atoms with Crippen LogP contribution in [0.5, 0.6) is 0 Å². The molecule has 1 aromatic rings. The lowest BCUT2D eigenvalue weighted by Crippen LogP contribution is -2.08. The predicted molar refractivity (Wildman–Crippen MR) is 66.4 cm³/mol. The normalized spacial score (nSPS) is 17.8. The number of fused-ring (bicyclic) bond motifs is 1. The third-order valence-corrected chi connectivity index (χ3v) is 4.83. The molecule has 2 rings (SSSR count). The number of sulfone groups is 1. The van der Waals surface area contributed by atoms with Gasteiger partial charge in [-0.2, -0.15) is 0 Å². The van der Waals surface area contributed by atoms with Gasteiger partial charge in [0.1, 0.15) is 0 Å². The van der Waals surface area contributed by atoms with E-state index in [-0.39, 0.29) is 22.6 Å². The van der Waals surface area contributed by atoms with E-state index < -0.39 is 15.8 Å². The second-order valence-corrected chi connectivity index (χ2v) is 6.72. The van der Waals surface area contributed by atoms with Crippen molar-refractivity contribution >= 4 is 37.8 Å². The van der Waals surface area contributed by atoms with Crippen molar-refractivity contribution in [2.24, 2.45) is 0 Å². The maximum absolute atomic E-state index is 11.9. The topological polar surface area (TPSA) is 71.4 Å². The Labute approximate surface area is 107 Å². The average Bonchev–Trinajstić information content (AvgIpc) is 2.35. The van der Waals surface area contributed by atoms with Gasteiger partial charge in [-0.05, 0) is 36.3 Å². The molecule has 1 heterocycles. The Balaban J connectivity index is 2.69. The van der Waals surface area contributed by atoms with Gasteiger partial charge in [0.15, 0.2) is 9.84 Å². The van der Waals surface area contributed by atoms with Crippen molar-refractivity contribution in [3.63, 3.8) is 0 Å². The largest absolute Gasteiger partial charge is 0.478 e. The van der Waals surface area contributed by atoms with Gasteiger partial charge in [0.2, 0.25) is 0 Å². The molecule has 0 fully saturated rings. The summed E-state index contributed by atoms with van der Waals surface area (Å²) in [5.41, 5.74) is 0.541. The summed E-state index contributed by atoms with van der Waals surface area (Å²) in [6.45, 7) is 0. The summed E-state index contributed by atoms with van der Waals surface area (Å²) in [5, 5.41) is 8.95. The standard InChI is InChI=1S/C11H9BrO4S/c12-9-1-2-10-8(6-9)5-7(11(13)14)3-4-17(10,15)16/h1-2,5-6H,3-4H2,(H,13,14). The number of aliphatic carboxylic acids is 1. The van der Waals surface area contributed by atoms with E-state index in [9.17, 15) is 13.2 Å². The molecule has 0 saturated carbocycles. The Bertz CT molecular complexity index is 616. The molecule has 0 amide bonds. The molecule has 0 spiro atoms. The Morgan fingerprint density at radius 2 is 2.06 bits per heavy atom. The Morgan fingerprint density at radius 3 is 2.71 bits per heavy atom. The van der Waals surface area contributed by atoms with Gasteiger partial charge in [-0.15, -0.1) is 0 Å².